The SMILES string of the molecule is CC(C)(F)c1nc(N)nc(NCCCc2ccsc2)n1. The minimum atomic E-state index is -1.63. The summed E-state index contributed by atoms with van der Waals surface area (Å²) in [4.78, 5) is 11.8. The molecule has 7 heteroatoms. The molecule has 0 aliphatic carbocycles. The number of aryl methyl sites for hydroxylation is 1. The number of nitrogen functional groups attached to an aromatic ring is 1. The average Bonchev–Trinajstić information content (AvgIpc) is 2.86. The highest BCUT2D eigenvalue weighted by atomic mass is 32.1. The summed E-state index contributed by atoms with van der Waals surface area (Å²) < 4.78 is 13.8. The van der Waals surface area contributed by atoms with Gasteiger partial charge in [-0.3, -0.25) is 0 Å². The second-order valence-corrected chi connectivity index (χ2v) is 5.76. The third kappa shape index (κ3) is 4.12. The largest absolute Gasteiger partial charge is 0.368 e. The maximum atomic E-state index is 13.8. The quantitative estimate of drug-likeness (QED) is 0.801. The lowest BCUT2D eigenvalue weighted by Crippen LogP contribution is -2.18. The summed E-state index contributed by atoms with van der Waals surface area (Å²) in [5, 5.41) is 7.25. The van der Waals surface area contributed by atoms with Crippen LogP contribution in [0.3, 0.4) is 0 Å². The van der Waals surface area contributed by atoms with Crippen molar-refractivity contribution in [2.75, 3.05) is 17.6 Å². The first-order valence-corrected chi connectivity index (χ1v) is 7.35. The summed E-state index contributed by atoms with van der Waals surface area (Å²) in [7, 11) is 0. The van der Waals surface area contributed by atoms with E-state index in [9.17, 15) is 4.39 Å². The zero-order chi connectivity index (χ0) is 14.6. The summed E-state index contributed by atoms with van der Waals surface area (Å²) in [6.07, 6.45) is 1.93. The van der Waals surface area contributed by atoms with Crippen LogP contribution in [0.25, 0.3) is 0 Å². The highest BCUT2D eigenvalue weighted by Gasteiger charge is 2.24. The van der Waals surface area contributed by atoms with Gasteiger partial charge in [0.25, 0.3) is 0 Å². The van der Waals surface area contributed by atoms with Gasteiger partial charge in [0.2, 0.25) is 11.9 Å². The molecule has 0 unspecified atom stereocenters. The maximum absolute atomic E-state index is 13.8. The van der Waals surface area contributed by atoms with E-state index in [1.165, 1.54) is 19.4 Å². The molecule has 0 radical (unpaired) electrons. The standard InChI is InChI=1S/C13H18FN5S/c1-13(2,14)10-17-11(15)19-12(18-10)16-6-3-4-9-5-7-20-8-9/h5,7-8H,3-4,6H2,1-2H3,(H3,15,16,17,18,19). The monoisotopic (exact) mass is 295 g/mol. The Morgan fingerprint density at radius 1 is 1.35 bits per heavy atom. The molecular weight excluding hydrogens is 277 g/mol. The molecule has 0 spiro atoms. The molecule has 108 valence electrons. The Bertz CT molecular complexity index is 550. The molecule has 0 atom stereocenters. The molecule has 0 aliphatic rings. The average molecular weight is 295 g/mol. The number of thiophene rings is 1. The lowest BCUT2D eigenvalue weighted by atomic mass is 10.1. The van der Waals surface area contributed by atoms with Gasteiger partial charge < -0.3 is 11.1 Å². The fourth-order valence-corrected chi connectivity index (χ4v) is 2.37. The Morgan fingerprint density at radius 3 is 2.80 bits per heavy atom. The van der Waals surface area contributed by atoms with Crippen LogP contribution >= 0.6 is 11.3 Å². The minimum Gasteiger partial charge on any atom is -0.368 e. The molecule has 0 bridgehead atoms. The molecule has 0 aromatic carbocycles. The number of hydrogen-bond donors (Lipinski definition) is 2. The van der Waals surface area contributed by atoms with Gasteiger partial charge in [-0.25, -0.2) is 4.39 Å². The first-order valence-electron chi connectivity index (χ1n) is 6.41. The van der Waals surface area contributed by atoms with Gasteiger partial charge in [-0.2, -0.15) is 26.3 Å². The van der Waals surface area contributed by atoms with E-state index >= 15 is 0 Å². The number of nitrogens with two attached hydrogens (primary N) is 1. The minimum absolute atomic E-state index is 0.0288. The van der Waals surface area contributed by atoms with Crippen LogP contribution in [0.4, 0.5) is 16.3 Å². The molecule has 5 nitrogen and oxygen atoms in total. The second-order valence-electron chi connectivity index (χ2n) is 4.98. The number of rotatable bonds is 6. The van der Waals surface area contributed by atoms with Gasteiger partial charge >= 0.3 is 0 Å². The van der Waals surface area contributed by atoms with Gasteiger partial charge in [0, 0.05) is 6.54 Å². The van der Waals surface area contributed by atoms with Gasteiger partial charge in [0.05, 0.1) is 0 Å². The molecule has 3 N–H and O–H groups in total. The zero-order valence-electron chi connectivity index (χ0n) is 11.6. The number of nitrogens with one attached hydrogen (secondary N) is 1. The van der Waals surface area contributed by atoms with E-state index in [-0.39, 0.29) is 11.8 Å². The van der Waals surface area contributed by atoms with Gasteiger partial charge in [0.1, 0.15) is 0 Å². The van der Waals surface area contributed by atoms with Gasteiger partial charge in [-0.15, -0.1) is 0 Å². The van der Waals surface area contributed by atoms with Crippen LogP contribution in [0, 0.1) is 0 Å². The molecule has 0 amide bonds. The van der Waals surface area contributed by atoms with E-state index in [1.54, 1.807) is 11.3 Å². The predicted molar refractivity (Wildman–Crippen MR) is 79.5 cm³/mol. The number of alkyl halides is 1. The van der Waals surface area contributed by atoms with Gasteiger partial charge in [-0.1, -0.05) is 0 Å². The Labute approximate surface area is 121 Å². The van der Waals surface area contributed by atoms with Crippen molar-refractivity contribution in [1.29, 1.82) is 0 Å². The maximum Gasteiger partial charge on any atom is 0.227 e. The molecule has 0 fully saturated rings. The second kappa shape index (κ2) is 6.13. The van der Waals surface area contributed by atoms with Crippen LogP contribution in [0.1, 0.15) is 31.7 Å². The number of aromatic nitrogens is 3. The van der Waals surface area contributed by atoms with Crippen molar-refractivity contribution in [3.8, 4) is 0 Å². The van der Waals surface area contributed by atoms with Crippen molar-refractivity contribution >= 4 is 23.2 Å². The normalized spacial score (nSPS) is 11.6. The predicted octanol–water partition coefficient (Wildman–Crippen LogP) is 2.76. The smallest absolute Gasteiger partial charge is 0.227 e. The number of anilines is 2. The molecule has 2 aromatic rings. The summed E-state index contributed by atoms with van der Waals surface area (Å²) in [6, 6.07) is 2.11. The Hall–Kier alpha value is -1.76. The van der Waals surface area contributed by atoms with Crippen LogP contribution in [-0.4, -0.2) is 21.5 Å². The first kappa shape index (κ1) is 14.6. The summed E-state index contributed by atoms with van der Waals surface area (Å²) in [5.74, 6) is 0.398. The molecule has 0 aliphatic heterocycles. The van der Waals surface area contributed by atoms with E-state index in [0.29, 0.717) is 12.5 Å². The Morgan fingerprint density at radius 2 is 2.15 bits per heavy atom. The van der Waals surface area contributed by atoms with Crippen molar-refractivity contribution in [3.63, 3.8) is 0 Å². The van der Waals surface area contributed by atoms with Crippen LogP contribution in [0.5, 0.6) is 0 Å². The third-order valence-electron chi connectivity index (χ3n) is 2.69. The van der Waals surface area contributed by atoms with Crippen molar-refractivity contribution in [2.45, 2.75) is 32.4 Å². The van der Waals surface area contributed by atoms with E-state index < -0.39 is 5.67 Å². The number of hydrogen-bond acceptors (Lipinski definition) is 6. The first-order chi connectivity index (χ1) is 9.45. The lowest BCUT2D eigenvalue weighted by Gasteiger charge is -2.13. The molecule has 2 rings (SSSR count). The summed E-state index contributed by atoms with van der Waals surface area (Å²) in [6.45, 7) is 3.48. The Kier molecular flexibility index (Phi) is 4.49. The van der Waals surface area contributed by atoms with E-state index in [2.05, 4.69) is 37.1 Å². The van der Waals surface area contributed by atoms with Crippen LogP contribution in [-0.2, 0) is 12.1 Å². The topological polar surface area (TPSA) is 76.7 Å². The zero-order valence-corrected chi connectivity index (χ0v) is 12.4. The molecule has 2 aromatic heterocycles. The van der Waals surface area contributed by atoms with Gasteiger partial charge in [-0.05, 0) is 49.1 Å². The van der Waals surface area contributed by atoms with Crippen molar-refractivity contribution < 1.29 is 4.39 Å². The Balaban J connectivity index is 1.91. The number of halogens is 1. The fraction of sp³-hybridized carbons (Fsp3) is 0.462. The van der Waals surface area contributed by atoms with E-state index in [4.69, 9.17) is 5.73 Å². The van der Waals surface area contributed by atoms with E-state index in [0.717, 1.165) is 12.8 Å². The van der Waals surface area contributed by atoms with Crippen molar-refractivity contribution in [3.05, 3.63) is 28.2 Å². The van der Waals surface area contributed by atoms with Crippen LogP contribution in [0.2, 0.25) is 0 Å². The lowest BCUT2D eigenvalue weighted by molar-refractivity contribution is 0.206. The molecule has 20 heavy (non-hydrogen) atoms. The molecule has 0 saturated heterocycles. The fourth-order valence-electron chi connectivity index (χ4n) is 1.66. The summed E-state index contributed by atoms with van der Waals surface area (Å²) >= 11 is 1.69. The van der Waals surface area contributed by atoms with Crippen LogP contribution < -0.4 is 11.1 Å². The van der Waals surface area contributed by atoms with E-state index in [1.807, 2.05) is 0 Å². The summed E-state index contributed by atoms with van der Waals surface area (Å²) in [5.41, 5.74) is 5.25. The van der Waals surface area contributed by atoms with Gasteiger partial charge in [0.15, 0.2) is 11.5 Å². The highest BCUT2D eigenvalue weighted by Crippen LogP contribution is 2.21. The number of nitrogens with zero attached hydrogens (tertiary/aromatic N) is 3. The highest BCUT2D eigenvalue weighted by molar-refractivity contribution is 7.07. The molecule has 2 heterocycles. The molecule has 0 saturated carbocycles. The third-order valence-corrected chi connectivity index (χ3v) is 3.42. The van der Waals surface area contributed by atoms with Crippen LogP contribution in [0.15, 0.2) is 16.8 Å². The van der Waals surface area contributed by atoms with Crippen molar-refractivity contribution in [2.24, 2.45) is 0 Å². The molecular formula is C13H18FN5S. The van der Waals surface area contributed by atoms with Crippen molar-refractivity contribution in [1.82, 2.24) is 15.0 Å².